The largest absolute Gasteiger partial charge is 0.417 e. The Balaban J connectivity index is 2.27. The Morgan fingerprint density at radius 3 is 2.38 bits per heavy atom. The number of rotatable bonds is 1. The SMILES string of the molecule is CC1CN(C(=O)c2ccc(Br)c(C(F)(F)F)c2)CC(C)O1. The normalized spacial score (nSPS) is 23.2. The number of alkyl halides is 3. The standard InChI is InChI=1S/C14H15BrF3NO2/c1-8-6-19(7-9(2)21-8)13(20)10-3-4-12(15)11(5-10)14(16,17)18/h3-5,8-9H,6-7H2,1-2H3. The van der Waals surface area contributed by atoms with Crippen LogP contribution in [-0.4, -0.2) is 36.1 Å². The number of benzene rings is 1. The lowest BCUT2D eigenvalue weighted by atomic mass is 10.1. The van der Waals surface area contributed by atoms with Crippen molar-refractivity contribution < 1.29 is 22.7 Å². The van der Waals surface area contributed by atoms with Crippen LogP contribution >= 0.6 is 15.9 Å². The Morgan fingerprint density at radius 1 is 1.29 bits per heavy atom. The van der Waals surface area contributed by atoms with Gasteiger partial charge in [-0.2, -0.15) is 13.2 Å². The molecule has 1 aliphatic rings. The molecule has 1 heterocycles. The first kappa shape index (κ1) is 16.3. The number of morpholine rings is 1. The van der Waals surface area contributed by atoms with Crippen molar-refractivity contribution in [2.45, 2.75) is 32.2 Å². The molecule has 2 unspecified atom stereocenters. The zero-order valence-electron chi connectivity index (χ0n) is 11.6. The highest BCUT2D eigenvalue weighted by Crippen LogP contribution is 2.35. The maximum atomic E-state index is 12.9. The average molecular weight is 366 g/mol. The minimum atomic E-state index is -4.50. The molecule has 1 saturated heterocycles. The maximum absolute atomic E-state index is 12.9. The minimum Gasteiger partial charge on any atom is -0.372 e. The first-order valence-corrected chi connectivity index (χ1v) is 7.29. The molecule has 21 heavy (non-hydrogen) atoms. The van der Waals surface area contributed by atoms with Gasteiger partial charge in [-0.3, -0.25) is 4.79 Å². The molecule has 0 bridgehead atoms. The predicted molar refractivity (Wildman–Crippen MR) is 75.1 cm³/mol. The number of halogens is 4. The summed E-state index contributed by atoms with van der Waals surface area (Å²) in [6.07, 6.45) is -4.76. The number of amides is 1. The number of hydrogen-bond acceptors (Lipinski definition) is 2. The molecular weight excluding hydrogens is 351 g/mol. The van der Waals surface area contributed by atoms with Crippen molar-refractivity contribution >= 4 is 21.8 Å². The summed E-state index contributed by atoms with van der Waals surface area (Å²) in [6.45, 7) is 4.42. The summed E-state index contributed by atoms with van der Waals surface area (Å²) in [5.74, 6) is -0.407. The van der Waals surface area contributed by atoms with E-state index in [2.05, 4.69) is 15.9 Å². The second-order valence-electron chi connectivity index (χ2n) is 5.16. The highest BCUT2D eigenvalue weighted by molar-refractivity contribution is 9.10. The van der Waals surface area contributed by atoms with E-state index in [-0.39, 0.29) is 22.2 Å². The van der Waals surface area contributed by atoms with E-state index in [0.29, 0.717) is 13.1 Å². The van der Waals surface area contributed by atoms with Crippen molar-refractivity contribution in [1.82, 2.24) is 4.90 Å². The molecule has 1 fully saturated rings. The van der Waals surface area contributed by atoms with E-state index in [9.17, 15) is 18.0 Å². The van der Waals surface area contributed by atoms with Gasteiger partial charge in [0.1, 0.15) is 0 Å². The Bertz CT molecular complexity index is 538. The zero-order valence-corrected chi connectivity index (χ0v) is 13.2. The van der Waals surface area contributed by atoms with Crippen LogP contribution in [0.3, 0.4) is 0 Å². The molecule has 0 spiro atoms. The van der Waals surface area contributed by atoms with E-state index in [1.54, 1.807) is 0 Å². The molecule has 1 aromatic carbocycles. The Labute approximate surface area is 129 Å². The van der Waals surface area contributed by atoms with Crippen molar-refractivity contribution in [2.24, 2.45) is 0 Å². The summed E-state index contributed by atoms with van der Waals surface area (Å²) in [5.41, 5.74) is -0.811. The van der Waals surface area contributed by atoms with Gasteiger partial charge in [-0.25, -0.2) is 0 Å². The van der Waals surface area contributed by atoms with E-state index < -0.39 is 17.6 Å². The van der Waals surface area contributed by atoms with Crippen LogP contribution in [-0.2, 0) is 10.9 Å². The summed E-state index contributed by atoms with van der Waals surface area (Å²) in [4.78, 5) is 13.9. The molecule has 0 saturated carbocycles. The fourth-order valence-electron chi connectivity index (χ4n) is 2.40. The molecule has 2 atom stereocenters. The van der Waals surface area contributed by atoms with E-state index >= 15 is 0 Å². The van der Waals surface area contributed by atoms with Crippen LogP contribution in [0, 0.1) is 0 Å². The first-order chi connectivity index (χ1) is 9.68. The van der Waals surface area contributed by atoms with Crippen LogP contribution in [0.25, 0.3) is 0 Å². The molecule has 3 nitrogen and oxygen atoms in total. The lowest BCUT2D eigenvalue weighted by Crippen LogP contribution is -2.48. The molecular formula is C14H15BrF3NO2. The van der Waals surface area contributed by atoms with Crippen LogP contribution in [0.2, 0.25) is 0 Å². The molecule has 0 aromatic heterocycles. The van der Waals surface area contributed by atoms with Crippen molar-refractivity contribution in [2.75, 3.05) is 13.1 Å². The van der Waals surface area contributed by atoms with Crippen molar-refractivity contribution in [1.29, 1.82) is 0 Å². The van der Waals surface area contributed by atoms with E-state index in [4.69, 9.17) is 4.74 Å². The maximum Gasteiger partial charge on any atom is 0.417 e. The second-order valence-corrected chi connectivity index (χ2v) is 6.01. The summed E-state index contributed by atoms with van der Waals surface area (Å²) in [7, 11) is 0. The van der Waals surface area contributed by atoms with Gasteiger partial charge in [0.25, 0.3) is 5.91 Å². The van der Waals surface area contributed by atoms with Crippen LogP contribution in [0.15, 0.2) is 22.7 Å². The quantitative estimate of drug-likeness (QED) is 0.758. The van der Waals surface area contributed by atoms with Gasteiger partial charge < -0.3 is 9.64 Å². The summed E-state index contributed by atoms with van der Waals surface area (Å²) in [6, 6.07) is 3.53. The lowest BCUT2D eigenvalue weighted by Gasteiger charge is -2.35. The summed E-state index contributed by atoms with van der Waals surface area (Å²) in [5, 5.41) is 0. The van der Waals surface area contributed by atoms with Gasteiger partial charge in [0.15, 0.2) is 0 Å². The van der Waals surface area contributed by atoms with Crippen LogP contribution in [0.4, 0.5) is 13.2 Å². The fraction of sp³-hybridized carbons (Fsp3) is 0.500. The first-order valence-electron chi connectivity index (χ1n) is 6.50. The highest BCUT2D eigenvalue weighted by atomic mass is 79.9. The van der Waals surface area contributed by atoms with Gasteiger partial charge in [0.2, 0.25) is 0 Å². The van der Waals surface area contributed by atoms with Crippen molar-refractivity contribution in [3.8, 4) is 0 Å². The van der Waals surface area contributed by atoms with E-state index in [0.717, 1.165) is 6.07 Å². The minimum absolute atomic E-state index is 0.0341. The molecule has 0 aliphatic carbocycles. The second kappa shape index (κ2) is 5.96. The lowest BCUT2D eigenvalue weighted by molar-refractivity contribution is -0.138. The zero-order chi connectivity index (χ0) is 15.8. The number of ether oxygens (including phenoxy) is 1. The Kier molecular flexibility index (Phi) is 4.63. The Morgan fingerprint density at radius 2 is 1.86 bits per heavy atom. The third-order valence-electron chi connectivity index (χ3n) is 3.23. The van der Waals surface area contributed by atoms with Crippen LogP contribution in [0.5, 0.6) is 0 Å². The van der Waals surface area contributed by atoms with Gasteiger partial charge >= 0.3 is 6.18 Å². The summed E-state index contributed by atoms with van der Waals surface area (Å²) < 4.78 is 44.1. The molecule has 0 radical (unpaired) electrons. The Hall–Kier alpha value is -1.08. The van der Waals surface area contributed by atoms with Crippen molar-refractivity contribution in [3.63, 3.8) is 0 Å². The van der Waals surface area contributed by atoms with Crippen LogP contribution in [0.1, 0.15) is 29.8 Å². The molecule has 1 aromatic rings. The molecule has 7 heteroatoms. The monoisotopic (exact) mass is 365 g/mol. The van der Waals surface area contributed by atoms with Gasteiger partial charge in [0.05, 0.1) is 17.8 Å². The molecule has 1 amide bonds. The molecule has 0 N–H and O–H groups in total. The average Bonchev–Trinajstić information content (AvgIpc) is 2.36. The topological polar surface area (TPSA) is 29.5 Å². The van der Waals surface area contributed by atoms with E-state index in [1.165, 1.54) is 17.0 Å². The number of carbonyl (C=O) groups excluding carboxylic acids is 1. The van der Waals surface area contributed by atoms with Crippen LogP contribution < -0.4 is 0 Å². The van der Waals surface area contributed by atoms with Gasteiger partial charge in [0, 0.05) is 23.1 Å². The third-order valence-corrected chi connectivity index (χ3v) is 3.92. The molecule has 2 rings (SSSR count). The van der Waals surface area contributed by atoms with Gasteiger partial charge in [-0.1, -0.05) is 15.9 Å². The molecule has 1 aliphatic heterocycles. The van der Waals surface area contributed by atoms with E-state index in [1.807, 2.05) is 13.8 Å². The van der Waals surface area contributed by atoms with Gasteiger partial charge in [-0.15, -0.1) is 0 Å². The summed E-state index contributed by atoms with van der Waals surface area (Å²) >= 11 is 2.87. The third kappa shape index (κ3) is 3.77. The number of carbonyl (C=O) groups is 1. The fourth-order valence-corrected chi connectivity index (χ4v) is 2.87. The predicted octanol–water partition coefficient (Wildman–Crippen LogP) is 3.72. The van der Waals surface area contributed by atoms with Crippen molar-refractivity contribution in [3.05, 3.63) is 33.8 Å². The molecule has 116 valence electrons. The number of hydrogen-bond donors (Lipinski definition) is 0. The number of nitrogens with zero attached hydrogens (tertiary/aromatic N) is 1. The van der Waals surface area contributed by atoms with Gasteiger partial charge in [-0.05, 0) is 32.0 Å². The highest BCUT2D eigenvalue weighted by Gasteiger charge is 2.34. The smallest absolute Gasteiger partial charge is 0.372 e.